The highest BCUT2D eigenvalue weighted by molar-refractivity contribution is 9.09. The number of alkyl halides is 4. The zero-order valence-corrected chi connectivity index (χ0v) is 15.1. The normalized spacial score (nSPS) is 22.2. The van der Waals surface area contributed by atoms with E-state index in [9.17, 15) is 13.2 Å². The Kier molecular flexibility index (Phi) is 6.92. The van der Waals surface area contributed by atoms with Gasteiger partial charge in [0.05, 0.1) is 0 Å². The molecular formula is C11H20BrF3O3S2. The van der Waals surface area contributed by atoms with E-state index in [0.717, 1.165) is 0 Å². The van der Waals surface area contributed by atoms with Crippen molar-refractivity contribution in [2.24, 2.45) is 0 Å². The fraction of sp³-hybridized carbons (Fsp3) is 1.00. The first-order valence-electron chi connectivity index (χ1n) is 5.94. The maximum atomic E-state index is 10.7. The molecule has 0 N–H and O–H groups in total. The van der Waals surface area contributed by atoms with Gasteiger partial charge < -0.3 is 4.55 Å². The summed E-state index contributed by atoms with van der Waals surface area (Å²) in [7, 11) is -5.49. The highest BCUT2D eigenvalue weighted by Gasteiger charge is 2.55. The van der Waals surface area contributed by atoms with Crippen LogP contribution < -0.4 is 0 Å². The first-order chi connectivity index (χ1) is 8.65. The van der Waals surface area contributed by atoms with E-state index < -0.39 is 15.6 Å². The van der Waals surface area contributed by atoms with Gasteiger partial charge in [-0.1, -0.05) is 15.9 Å². The van der Waals surface area contributed by atoms with Gasteiger partial charge in [-0.25, -0.2) is 8.42 Å². The van der Waals surface area contributed by atoms with Crippen molar-refractivity contribution >= 4 is 36.9 Å². The van der Waals surface area contributed by atoms with E-state index >= 15 is 0 Å². The second-order valence-corrected chi connectivity index (χ2v) is 11.3. The van der Waals surface area contributed by atoms with Crippen LogP contribution in [0.25, 0.3) is 0 Å². The van der Waals surface area contributed by atoms with Crippen molar-refractivity contribution in [2.75, 3.05) is 11.1 Å². The van der Waals surface area contributed by atoms with Crippen molar-refractivity contribution in [2.45, 2.75) is 55.5 Å². The molecule has 0 aromatic heterocycles. The first-order valence-corrected chi connectivity index (χ1v) is 9.87. The molecule has 0 unspecified atom stereocenters. The van der Waals surface area contributed by atoms with Crippen molar-refractivity contribution in [3.63, 3.8) is 0 Å². The molecule has 9 heteroatoms. The maximum absolute atomic E-state index is 10.7. The van der Waals surface area contributed by atoms with Gasteiger partial charge in [-0.2, -0.15) is 13.2 Å². The molecule has 1 rings (SSSR count). The third kappa shape index (κ3) is 5.73. The molecule has 0 radical (unpaired) electrons. The summed E-state index contributed by atoms with van der Waals surface area (Å²) in [4.78, 5) is 0. The summed E-state index contributed by atoms with van der Waals surface area (Å²) in [6.07, 6.45) is 2.83. The molecule has 1 aliphatic rings. The minimum Gasteiger partial charge on any atom is -0.741 e. The summed E-state index contributed by atoms with van der Waals surface area (Å²) < 4.78 is 60.1. The van der Waals surface area contributed by atoms with E-state index in [1.807, 2.05) is 0 Å². The van der Waals surface area contributed by atoms with Crippen LogP contribution >= 0.6 is 15.9 Å². The van der Waals surface area contributed by atoms with Gasteiger partial charge in [0.2, 0.25) is 0 Å². The van der Waals surface area contributed by atoms with Crippen molar-refractivity contribution in [1.29, 1.82) is 0 Å². The van der Waals surface area contributed by atoms with Gasteiger partial charge in [-0.05, 0) is 38.6 Å². The molecule has 0 amide bonds. The topological polar surface area (TPSA) is 57.2 Å². The van der Waals surface area contributed by atoms with Crippen molar-refractivity contribution in [3.8, 4) is 0 Å². The Morgan fingerprint density at radius 3 is 1.65 bits per heavy atom. The molecule has 20 heavy (non-hydrogen) atoms. The molecule has 0 aromatic carbocycles. The monoisotopic (exact) mass is 400 g/mol. The van der Waals surface area contributed by atoms with E-state index in [-0.39, 0.29) is 0 Å². The van der Waals surface area contributed by atoms with Gasteiger partial charge in [0.25, 0.3) is 0 Å². The third-order valence-electron chi connectivity index (χ3n) is 3.23. The molecule has 0 saturated carbocycles. The lowest BCUT2D eigenvalue weighted by Gasteiger charge is -2.25. The zero-order valence-electron chi connectivity index (χ0n) is 11.9. The molecule has 0 bridgehead atoms. The minimum atomic E-state index is -6.09. The Morgan fingerprint density at radius 2 is 1.45 bits per heavy atom. The van der Waals surface area contributed by atoms with Crippen LogP contribution in [0.2, 0.25) is 0 Å². The van der Waals surface area contributed by atoms with Crippen LogP contribution in [0, 0.1) is 0 Å². The number of hydrogen-bond donors (Lipinski definition) is 0. The van der Waals surface area contributed by atoms with Gasteiger partial charge in [0, 0.05) is 18.2 Å². The molecular weight excluding hydrogens is 381 g/mol. The van der Waals surface area contributed by atoms with Crippen LogP contribution in [-0.2, 0) is 21.0 Å². The Bertz CT molecular complexity index is 403. The van der Waals surface area contributed by atoms with Crippen LogP contribution in [0.3, 0.4) is 0 Å². The van der Waals surface area contributed by atoms with E-state index in [2.05, 4.69) is 43.6 Å². The SMILES string of the molecule is CC1(C)CCC(C)(C)[S+]1CCBr.O=S(=O)([O-])C(F)(F)F. The second kappa shape index (κ2) is 6.75. The molecule has 0 spiro atoms. The van der Waals surface area contributed by atoms with E-state index in [0.29, 0.717) is 20.4 Å². The average molecular weight is 401 g/mol. The molecule has 1 saturated heterocycles. The number of halogens is 4. The number of hydrogen-bond acceptors (Lipinski definition) is 3. The molecule has 0 aliphatic carbocycles. The first kappa shape index (κ1) is 20.5. The summed E-state index contributed by atoms with van der Waals surface area (Å²) in [5.41, 5.74) is -5.65. The fourth-order valence-electron chi connectivity index (χ4n) is 2.23. The summed E-state index contributed by atoms with van der Waals surface area (Å²) in [5, 5.41) is 1.17. The van der Waals surface area contributed by atoms with Crippen molar-refractivity contribution < 1.29 is 26.1 Å². The van der Waals surface area contributed by atoms with Gasteiger partial charge in [0.1, 0.15) is 15.2 Å². The Morgan fingerprint density at radius 1 is 1.15 bits per heavy atom. The average Bonchev–Trinajstić information content (AvgIpc) is 2.40. The summed E-state index contributed by atoms with van der Waals surface area (Å²) >= 11 is 3.57. The quantitative estimate of drug-likeness (QED) is 0.309. The fourth-order valence-corrected chi connectivity index (χ4v) is 6.65. The molecule has 1 heterocycles. The summed E-state index contributed by atoms with van der Waals surface area (Å²) in [5.74, 6) is 1.36. The van der Waals surface area contributed by atoms with Gasteiger partial charge >= 0.3 is 5.51 Å². The lowest BCUT2D eigenvalue weighted by Crippen LogP contribution is -2.39. The molecule has 0 aromatic rings. The van der Waals surface area contributed by atoms with Crippen LogP contribution in [-0.4, -0.2) is 39.1 Å². The maximum Gasteiger partial charge on any atom is 0.485 e. The Balaban J connectivity index is 0.000000396. The van der Waals surface area contributed by atoms with Gasteiger partial charge in [-0.3, -0.25) is 0 Å². The molecule has 1 aliphatic heterocycles. The zero-order chi connectivity index (χ0) is 16.4. The third-order valence-corrected chi connectivity index (χ3v) is 8.41. The Hall–Kier alpha value is 0.530. The Labute approximate surface area is 129 Å². The van der Waals surface area contributed by atoms with Gasteiger partial charge in [0.15, 0.2) is 10.1 Å². The van der Waals surface area contributed by atoms with Crippen LogP contribution in [0.1, 0.15) is 40.5 Å². The van der Waals surface area contributed by atoms with Crippen LogP contribution in [0.15, 0.2) is 0 Å². The van der Waals surface area contributed by atoms with Crippen LogP contribution in [0.5, 0.6) is 0 Å². The van der Waals surface area contributed by atoms with Crippen molar-refractivity contribution in [3.05, 3.63) is 0 Å². The highest BCUT2D eigenvalue weighted by Crippen LogP contribution is 2.45. The summed E-state index contributed by atoms with van der Waals surface area (Å²) in [6.45, 7) is 9.75. The van der Waals surface area contributed by atoms with E-state index in [1.165, 1.54) is 23.9 Å². The van der Waals surface area contributed by atoms with Crippen LogP contribution in [0.4, 0.5) is 13.2 Å². The molecule has 1 fully saturated rings. The number of rotatable bonds is 2. The lowest BCUT2D eigenvalue weighted by atomic mass is 10.0. The van der Waals surface area contributed by atoms with Crippen molar-refractivity contribution in [1.82, 2.24) is 0 Å². The summed E-state index contributed by atoms with van der Waals surface area (Å²) in [6, 6.07) is 0. The minimum absolute atomic E-state index is 0.595. The smallest absolute Gasteiger partial charge is 0.485 e. The van der Waals surface area contributed by atoms with E-state index in [4.69, 9.17) is 13.0 Å². The highest BCUT2D eigenvalue weighted by atomic mass is 79.9. The molecule has 3 nitrogen and oxygen atoms in total. The molecule has 0 atom stereocenters. The van der Waals surface area contributed by atoms with Gasteiger partial charge in [-0.15, -0.1) is 0 Å². The standard InChI is InChI=1S/C10H20BrS.CHF3O3S/c1-9(2)5-6-10(3,4)12(9)8-7-11;2-1(3,4)8(5,6)7/h5-8H2,1-4H3;(H,5,6,7)/q+1;/p-1. The lowest BCUT2D eigenvalue weighted by molar-refractivity contribution is -0.0517. The second-order valence-electron chi connectivity index (χ2n) is 5.70. The van der Waals surface area contributed by atoms with E-state index in [1.54, 1.807) is 0 Å². The predicted octanol–water partition coefficient (Wildman–Crippen LogP) is 3.40. The largest absolute Gasteiger partial charge is 0.741 e. The predicted molar refractivity (Wildman–Crippen MR) is 79.2 cm³/mol. The molecule has 122 valence electrons.